The van der Waals surface area contributed by atoms with Crippen molar-refractivity contribution < 1.29 is 22.5 Å². The van der Waals surface area contributed by atoms with E-state index >= 15 is 0 Å². The highest BCUT2D eigenvalue weighted by Crippen LogP contribution is 2.35. The van der Waals surface area contributed by atoms with E-state index in [9.17, 15) is 13.2 Å². The fourth-order valence-electron chi connectivity index (χ4n) is 4.14. The van der Waals surface area contributed by atoms with Gasteiger partial charge in [-0.25, -0.2) is 0 Å². The highest BCUT2D eigenvalue weighted by molar-refractivity contribution is 7.88. The Bertz CT molecular complexity index is 947. The van der Waals surface area contributed by atoms with E-state index in [1.165, 1.54) is 6.08 Å². The molecule has 2 saturated heterocycles. The molecule has 1 amide bonds. The lowest BCUT2D eigenvalue weighted by molar-refractivity contribution is -0.161. The molecular formula is C23H30N2O5S. The number of anilines is 1. The summed E-state index contributed by atoms with van der Waals surface area (Å²) in [4.78, 5) is 16.9. The van der Waals surface area contributed by atoms with Crippen LogP contribution in [-0.2, 0) is 19.6 Å². The normalized spacial score (nSPS) is 22.9. The molecule has 1 unspecified atom stereocenters. The number of morpholine rings is 1. The van der Waals surface area contributed by atoms with Crippen molar-refractivity contribution in [2.75, 3.05) is 31.1 Å². The molecule has 3 rings (SSSR count). The first kappa shape index (κ1) is 23.4. The van der Waals surface area contributed by atoms with Crippen molar-refractivity contribution in [3.8, 4) is 0 Å². The largest absolute Gasteiger partial charge is 0.360 e. The molecule has 8 heteroatoms. The fraction of sp³-hybridized carbons (Fsp3) is 0.435. The SMILES string of the molecule is C=C/C(=C\C=C\S(=O)(=O)O)CCN1CCC2(CC1)CN(c1ccccc1)C(=O)C(C)O2. The molecule has 0 bridgehead atoms. The highest BCUT2D eigenvalue weighted by Gasteiger charge is 2.45. The highest BCUT2D eigenvalue weighted by atomic mass is 32.2. The number of rotatable bonds is 7. The standard InChI is InChI=1S/C23H30N2O5S/c1-3-20(8-7-17-31(27,28)29)11-14-24-15-12-23(13-16-24)18-25(22(26)19(2)30-23)21-9-5-4-6-10-21/h3-10,17,19H,1,11-16,18H2,2H3,(H,27,28,29)/b17-7+,20-8+. The third-order valence-corrected chi connectivity index (χ3v) is 6.36. The number of para-hydroxylation sites is 1. The zero-order valence-corrected chi connectivity index (χ0v) is 18.6. The van der Waals surface area contributed by atoms with Crippen molar-refractivity contribution in [2.24, 2.45) is 0 Å². The lowest BCUT2D eigenvalue weighted by Crippen LogP contribution is -2.61. The van der Waals surface area contributed by atoms with Gasteiger partial charge in [-0.2, -0.15) is 8.42 Å². The van der Waals surface area contributed by atoms with Crippen LogP contribution in [0.5, 0.6) is 0 Å². The van der Waals surface area contributed by atoms with Gasteiger partial charge in [0.05, 0.1) is 17.6 Å². The van der Waals surface area contributed by atoms with Crippen LogP contribution in [0.15, 0.2) is 66.1 Å². The second kappa shape index (κ2) is 9.91. The Balaban J connectivity index is 1.58. The summed E-state index contributed by atoms with van der Waals surface area (Å²) >= 11 is 0. The summed E-state index contributed by atoms with van der Waals surface area (Å²) < 4.78 is 36.6. The maximum Gasteiger partial charge on any atom is 0.287 e. The topological polar surface area (TPSA) is 87.2 Å². The van der Waals surface area contributed by atoms with E-state index in [2.05, 4.69) is 11.5 Å². The van der Waals surface area contributed by atoms with Gasteiger partial charge in [0.1, 0.15) is 6.10 Å². The molecule has 1 N–H and O–H groups in total. The molecule has 2 aliphatic rings. The quantitative estimate of drug-likeness (QED) is 0.511. The van der Waals surface area contributed by atoms with Gasteiger partial charge in [-0.05, 0) is 50.0 Å². The molecule has 31 heavy (non-hydrogen) atoms. The monoisotopic (exact) mass is 446 g/mol. The van der Waals surface area contributed by atoms with Crippen LogP contribution in [0.25, 0.3) is 0 Å². The predicted octanol–water partition coefficient (Wildman–Crippen LogP) is 3.18. The summed E-state index contributed by atoms with van der Waals surface area (Å²) in [5, 5.41) is 0.752. The molecule has 0 radical (unpaired) electrons. The number of benzene rings is 1. The Morgan fingerprint density at radius 3 is 2.58 bits per heavy atom. The molecule has 1 atom stereocenters. The number of likely N-dealkylation sites (tertiary alicyclic amines) is 1. The average Bonchev–Trinajstić information content (AvgIpc) is 2.74. The van der Waals surface area contributed by atoms with Crippen LogP contribution in [0.1, 0.15) is 26.2 Å². The van der Waals surface area contributed by atoms with Gasteiger partial charge in [0.25, 0.3) is 16.0 Å². The fourth-order valence-corrected chi connectivity index (χ4v) is 4.41. The summed E-state index contributed by atoms with van der Waals surface area (Å²) in [5.74, 6) is -0.00188. The van der Waals surface area contributed by atoms with Gasteiger partial charge in [0.2, 0.25) is 0 Å². The Hall–Kier alpha value is -2.26. The van der Waals surface area contributed by atoms with E-state index in [1.54, 1.807) is 12.2 Å². The maximum absolute atomic E-state index is 12.7. The number of amides is 1. The van der Waals surface area contributed by atoms with Crippen molar-refractivity contribution >= 4 is 21.7 Å². The van der Waals surface area contributed by atoms with Gasteiger partial charge in [-0.3, -0.25) is 9.35 Å². The number of nitrogens with zero attached hydrogens (tertiary/aromatic N) is 2. The van der Waals surface area contributed by atoms with Gasteiger partial charge in [0.15, 0.2) is 0 Å². The molecule has 2 fully saturated rings. The predicted molar refractivity (Wildman–Crippen MR) is 121 cm³/mol. The smallest absolute Gasteiger partial charge is 0.287 e. The molecule has 168 valence electrons. The van der Waals surface area contributed by atoms with Crippen molar-refractivity contribution in [1.82, 2.24) is 4.90 Å². The van der Waals surface area contributed by atoms with E-state index in [4.69, 9.17) is 9.29 Å². The minimum atomic E-state index is -4.12. The maximum atomic E-state index is 12.7. The van der Waals surface area contributed by atoms with Crippen molar-refractivity contribution in [1.29, 1.82) is 0 Å². The summed E-state index contributed by atoms with van der Waals surface area (Å²) in [6.07, 6.45) is 6.57. The number of allylic oxidation sites excluding steroid dienone is 3. The second-order valence-electron chi connectivity index (χ2n) is 8.08. The number of carbonyl (C=O) groups excluding carboxylic acids is 1. The minimum absolute atomic E-state index is 0.00188. The van der Waals surface area contributed by atoms with E-state index < -0.39 is 16.2 Å². The van der Waals surface area contributed by atoms with Crippen LogP contribution in [0.3, 0.4) is 0 Å². The number of hydrogen-bond donors (Lipinski definition) is 1. The summed E-state index contributed by atoms with van der Waals surface area (Å²) in [7, 11) is -4.12. The molecule has 1 aromatic carbocycles. The van der Waals surface area contributed by atoms with Crippen molar-refractivity contribution in [3.05, 3.63) is 66.1 Å². The van der Waals surface area contributed by atoms with Crippen LogP contribution in [0, 0.1) is 0 Å². The van der Waals surface area contributed by atoms with Crippen LogP contribution < -0.4 is 4.90 Å². The van der Waals surface area contributed by atoms with Crippen molar-refractivity contribution in [2.45, 2.75) is 37.9 Å². The molecule has 2 aliphatic heterocycles. The Labute approximate surface area is 184 Å². The molecule has 0 saturated carbocycles. The zero-order valence-electron chi connectivity index (χ0n) is 17.8. The van der Waals surface area contributed by atoms with Crippen LogP contribution in [0.4, 0.5) is 5.69 Å². The van der Waals surface area contributed by atoms with Gasteiger partial charge >= 0.3 is 0 Å². The van der Waals surface area contributed by atoms with Gasteiger partial charge in [0, 0.05) is 25.3 Å². The summed E-state index contributed by atoms with van der Waals surface area (Å²) in [5.41, 5.74) is 1.46. The molecule has 2 heterocycles. The number of ether oxygens (including phenoxy) is 1. The Morgan fingerprint density at radius 1 is 1.29 bits per heavy atom. The van der Waals surface area contributed by atoms with Gasteiger partial charge in [-0.1, -0.05) is 36.9 Å². The third kappa shape index (κ3) is 6.36. The first-order valence-corrected chi connectivity index (χ1v) is 12.0. The zero-order chi connectivity index (χ0) is 22.5. The lowest BCUT2D eigenvalue weighted by atomic mass is 9.88. The first-order valence-electron chi connectivity index (χ1n) is 10.5. The van der Waals surface area contributed by atoms with Gasteiger partial charge < -0.3 is 14.5 Å². The third-order valence-electron chi connectivity index (χ3n) is 5.86. The lowest BCUT2D eigenvalue weighted by Gasteiger charge is -2.49. The Kier molecular flexibility index (Phi) is 7.48. The van der Waals surface area contributed by atoms with Crippen LogP contribution >= 0.6 is 0 Å². The second-order valence-corrected chi connectivity index (χ2v) is 9.39. The summed E-state index contributed by atoms with van der Waals surface area (Å²) in [6, 6.07) is 9.73. The molecule has 1 aromatic rings. The summed E-state index contributed by atoms with van der Waals surface area (Å²) in [6.45, 7) is 8.68. The molecular weight excluding hydrogens is 416 g/mol. The molecule has 1 spiro atoms. The number of carbonyl (C=O) groups is 1. The number of hydrogen-bond acceptors (Lipinski definition) is 5. The Morgan fingerprint density at radius 2 is 1.97 bits per heavy atom. The average molecular weight is 447 g/mol. The van der Waals surface area contributed by atoms with Gasteiger partial charge in [-0.15, -0.1) is 0 Å². The van der Waals surface area contributed by atoms with E-state index in [0.717, 1.165) is 55.6 Å². The number of piperidine rings is 1. The van der Waals surface area contributed by atoms with E-state index in [-0.39, 0.29) is 11.5 Å². The van der Waals surface area contributed by atoms with Crippen LogP contribution in [-0.4, -0.2) is 61.7 Å². The van der Waals surface area contributed by atoms with Crippen LogP contribution in [0.2, 0.25) is 0 Å². The van der Waals surface area contributed by atoms with E-state index in [0.29, 0.717) is 6.54 Å². The van der Waals surface area contributed by atoms with E-state index in [1.807, 2.05) is 42.2 Å². The molecule has 0 aliphatic carbocycles. The molecule has 0 aromatic heterocycles. The van der Waals surface area contributed by atoms with Crippen molar-refractivity contribution in [3.63, 3.8) is 0 Å². The first-order chi connectivity index (χ1) is 14.7. The molecule has 7 nitrogen and oxygen atoms in total. The minimum Gasteiger partial charge on any atom is -0.360 e.